The Kier molecular flexibility index (Phi) is 5.57. The normalized spacial score (nSPS) is 12.1. The monoisotopic (exact) mass is 221 g/mol. The molecule has 0 fully saturated rings. The fourth-order valence-electron chi connectivity index (χ4n) is 1.43. The molecule has 0 saturated carbocycles. The third kappa shape index (κ3) is 5.51. The molecular weight excluding hydrogens is 202 g/mol. The van der Waals surface area contributed by atoms with Crippen LogP contribution in [0.1, 0.15) is 25.8 Å². The van der Waals surface area contributed by atoms with Gasteiger partial charge in [0.15, 0.2) is 0 Å². The van der Waals surface area contributed by atoms with Crippen LogP contribution in [0.5, 0.6) is 0 Å². The second-order valence-corrected chi connectivity index (χ2v) is 4.10. The lowest BCUT2D eigenvalue weighted by Gasteiger charge is -2.11. The number of rotatable bonds is 6. The topological polar surface area (TPSA) is 38.3 Å². The molecule has 16 heavy (non-hydrogen) atoms. The molecule has 1 amide bonds. The first-order valence-electron chi connectivity index (χ1n) is 5.61. The summed E-state index contributed by atoms with van der Waals surface area (Å²) >= 11 is 0. The van der Waals surface area contributed by atoms with Crippen molar-refractivity contribution in [2.24, 2.45) is 5.92 Å². The number of aryl methyl sites for hydroxylation is 1. The van der Waals surface area contributed by atoms with E-state index in [-0.39, 0.29) is 5.91 Å². The van der Waals surface area contributed by atoms with Crippen LogP contribution < -0.4 is 5.48 Å². The van der Waals surface area contributed by atoms with Gasteiger partial charge in [-0.2, -0.15) is 0 Å². The molecule has 1 aromatic rings. The molecule has 0 aliphatic heterocycles. The van der Waals surface area contributed by atoms with Crippen molar-refractivity contribution in [3.05, 3.63) is 35.9 Å². The van der Waals surface area contributed by atoms with Crippen molar-refractivity contribution in [3.8, 4) is 0 Å². The summed E-state index contributed by atoms with van der Waals surface area (Å²) in [6.07, 6.45) is 2.11. The fraction of sp³-hybridized carbons (Fsp3) is 0.462. The van der Waals surface area contributed by atoms with E-state index in [1.807, 2.05) is 18.2 Å². The Morgan fingerprint density at radius 2 is 2.06 bits per heavy atom. The third-order valence-corrected chi connectivity index (χ3v) is 2.35. The van der Waals surface area contributed by atoms with Gasteiger partial charge in [0.05, 0.1) is 6.61 Å². The quantitative estimate of drug-likeness (QED) is 0.749. The standard InChI is InChI=1S/C13H19NO2/c1-11(10-16-14-12(2)15)8-9-13-6-4-3-5-7-13/h3-7,11H,8-10H2,1-2H3,(H,14,15). The van der Waals surface area contributed by atoms with Gasteiger partial charge in [-0.3, -0.25) is 9.63 Å². The van der Waals surface area contributed by atoms with Gasteiger partial charge in [0.25, 0.3) is 0 Å². The zero-order valence-corrected chi connectivity index (χ0v) is 9.90. The van der Waals surface area contributed by atoms with Crippen molar-refractivity contribution >= 4 is 5.91 Å². The van der Waals surface area contributed by atoms with E-state index >= 15 is 0 Å². The Morgan fingerprint density at radius 3 is 2.69 bits per heavy atom. The number of carbonyl (C=O) groups excluding carboxylic acids is 1. The van der Waals surface area contributed by atoms with Gasteiger partial charge >= 0.3 is 0 Å². The van der Waals surface area contributed by atoms with Crippen molar-refractivity contribution in [1.29, 1.82) is 0 Å². The van der Waals surface area contributed by atoms with E-state index in [2.05, 4.69) is 24.5 Å². The van der Waals surface area contributed by atoms with Gasteiger partial charge in [0.2, 0.25) is 5.91 Å². The lowest BCUT2D eigenvalue weighted by molar-refractivity contribution is -0.132. The predicted molar refractivity (Wildman–Crippen MR) is 63.7 cm³/mol. The van der Waals surface area contributed by atoms with Crippen LogP contribution in [0.4, 0.5) is 0 Å². The first-order chi connectivity index (χ1) is 7.68. The minimum absolute atomic E-state index is 0.157. The van der Waals surface area contributed by atoms with Crippen molar-refractivity contribution in [1.82, 2.24) is 5.48 Å². The first kappa shape index (κ1) is 12.7. The number of benzene rings is 1. The SMILES string of the molecule is CC(=O)NOCC(C)CCc1ccccc1. The largest absolute Gasteiger partial charge is 0.273 e. The molecule has 0 spiro atoms. The average Bonchev–Trinajstić information content (AvgIpc) is 2.27. The minimum Gasteiger partial charge on any atom is -0.273 e. The van der Waals surface area contributed by atoms with Crippen molar-refractivity contribution in [3.63, 3.8) is 0 Å². The van der Waals surface area contributed by atoms with Crippen molar-refractivity contribution in [2.45, 2.75) is 26.7 Å². The summed E-state index contributed by atoms with van der Waals surface area (Å²) in [6, 6.07) is 10.4. The molecule has 0 aromatic heterocycles. The summed E-state index contributed by atoms with van der Waals surface area (Å²) in [4.78, 5) is 15.6. The van der Waals surface area contributed by atoms with Crippen LogP contribution in [0.2, 0.25) is 0 Å². The number of hydroxylamine groups is 1. The molecule has 0 radical (unpaired) electrons. The summed E-state index contributed by atoms with van der Waals surface area (Å²) < 4.78 is 0. The van der Waals surface area contributed by atoms with Crippen LogP contribution in [0.15, 0.2) is 30.3 Å². The predicted octanol–water partition coefficient (Wildman–Crippen LogP) is 2.32. The van der Waals surface area contributed by atoms with Crippen LogP contribution in [0.3, 0.4) is 0 Å². The molecule has 3 heteroatoms. The summed E-state index contributed by atoms with van der Waals surface area (Å²) in [7, 11) is 0. The molecule has 1 atom stereocenters. The van der Waals surface area contributed by atoms with Gasteiger partial charge in [-0.1, -0.05) is 37.3 Å². The van der Waals surface area contributed by atoms with E-state index in [0.717, 1.165) is 12.8 Å². The highest BCUT2D eigenvalue weighted by atomic mass is 16.6. The molecule has 1 rings (SSSR count). The summed E-state index contributed by atoms with van der Waals surface area (Å²) in [5.74, 6) is 0.280. The first-order valence-corrected chi connectivity index (χ1v) is 5.61. The average molecular weight is 221 g/mol. The number of hydrogen-bond donors (Lipinski definition) is 1. The smallest absolute Gasteiger partial charge is 0.240 e. The van der Waals surface area contributed by atoms with E-state index in [4.69, 9.17) is 4.84 Å². The molecule has 1 aromatic carbocycles. The molecule has 1 N–H and O–H groups in total. The Hall–Kier alpha value is -1.35. The van der Waals surface area contributed by atoms with E-state index in [0.29, 0.717) is 12.5 Å². The zero-order valence-electron chi connectivity index (χ0n) is 9.90. The van der Waals surface area contributed by atoms with Crippen molar-refractivity contribution < 1.29 is 9.63 Å². The lowest BCUT2D eigenvalue weighted by Crippen LogP contribution is -2.23. The number of carbonyl (C=O) groups is 1. The van der Waals surface area contributed by atoms with Crippen LogP contribution in [0.25, 0.3) is 0 Å². The number of hydrogen-bond acceptors (Lipinski definition) is 2. The van der Waals surface area contributed by atoms with E-state index in [1.165, 1.54) is 12.5 Å². The van der Waals surface area contributed by atoms with Crippen LogP contribution >= 0.6 is 0 Å². The highest BCUT2D eigenvalue weighted by Crippen LogP contribution is 2.09. The molecule has 88 valence electrons. The van der Waals surface area contributed by atoms with Gasteiger partial charge in [-0.25, -0.2) is 5.48 Å². The fourth-order valence-corrected chi connectivity index (χ4v) is 1.43. The van der Waals surface area contributed by atoms with E-state index < -0.39 is 0 Å². The number of nitrogens with one attached hydrogen (secondary N) is 1. The maximum Gasteiger partial charge on any atom is 0.240 e. The lowest BCUT2D eigenvalue weighted by atomic mass is 10.0. The minimum atomic E-state index is -0.157. The van der Waals surface area contributed by atoms with Gasteiger partial charge in [0.1, 0.15) is 0 Å². The summed E-state index contributed by atoms with van der Waals surface area (Å²) in [5.41, 5.74) is 3.68. The van der Waals surface area contributed by atoms with Gasteiger partial charge in [-0.05, 0) is 24.3 Å². The Bertz CT molecular complexity index is 311. The molecule has 0 aliphatic carbocycles. The van der Waals surface area contributed by atoms with Crippen molar-refractivity contribution in [2.75, 3.05) is 6.61 Å². The van der Waals surface area contributed by atoms with E-state index in [1.54, 1.807) is 0 Å². The molecule has 0 saturated heterocycles. The third-order valence-electron chi connectivity index (χ3n) is 2.35. The molecule has 1 unspecified atom stereocenters. The Morgan fingerprint density at radius 1 is 1.38 bits per heavy atom. The molecular formula is C13H19NO2. The van der Waals surface area contributed by atoms with Crippen LogP contribution in [-0.2, 0) is 16.1 Å². The second-order valence-electron chi connectivity index (χ2n) is 4.10. The summed E-state index contributed by atoms with van der Waals surface area (Å²) in [5, 5.41) is 0. The van der Waals surface area contributed by atoms with E-state index in [9.17, 15) is 4.79 Å². The zero-order chi connectivity index (χ0) is 11.8. The molecule has 0 bridgehead atoms. The maximum atomic E-state index is 10.6. The number of amides is 1. The Labute approximate surface area is 96.8 Å². The van der Waals surface area contributed by atoms with Crippen LogP contribution in [0, 0.1) is 5.92 Å². The van der Waals surface area contributed by atoms with Gasteiger partial charge in [0, 0.05) is 6.92 Å². The molecule has 0 aliphatic rings. The summed E-state index contributed by atoms with van der Waals surface area (Å²) in [6.45, 7) is 4.12. The highest BCUT2D eigenvalue weighted by molar-refractivity contribution is 5.71. The molecule has 3 nitrogen and oxygen atoms in total. The second kappa shape index (κ2) is 7.01. The van der Waals surface area contributed by atoms with Gasteiger partial charge in [-0.15, -0.1) is 0 Å². The Balaban J connectivity index is 2.15. The van der Waals surface area contributed by atoms with Crippen LogP contribution in [-0.4, -0.2) is 12.5 Å². The maximum absolute atomic E-state index is 10.6. The highest BCUT2D eigenvalue weighted by Gasteiger charge is 2.03. The molecule has 0 heterocycles. The van der Waals surface area contributed by atoms with Gasteiger partial charge < -0.3 is 0 Å².